The molecule has 2 heterocycles. The Kier molecular flexibility index (Phi) is 6.50. The number of hydrogen-bond acceptors (Lipinski definition) is 3. The highest BCUT2D eigenvalue weighted by Gasteiger charge is 2.33. The summed E-state index contributed by atoms with van der Waals surface area (Å²) in [5, 5.41) is 3.28. The van der Waals surface area contributed by atoms with Crippen LogP contribution in [-0.4, -0.2) is 68.1 Å². The number of piperidine rings is 1. The van der Waals surface area contributed by atoms with Crippen LogP contribution in [0.2, 0.25) is 0 Å². The van der Waals surface area contributed by atoms with Crippen molar-refractivity contribution in [3.05, 3.63) is 35.9 Å². The summed E-state index contributed by atoms with van der Waals surface area (Å²) in [6.07, 6.45) is 3.76. The normalized spacial score (nSPS) is 23.3. The van der Waals surface area contributed by atoms with Crippen molar-refractivity contribution in [1.82, 2.24) is 15.1 Å². The molecular weight excluding hydrogens is 328 g/mol. The van der Waals surface area contributed by atoms with E-state index in [4.69, 9.17) is 9.73 Å². The number of benzene rings is 1. The van der Waals surface area contributed by atoms with Gasteiger partial charge in [-0.05, 0) is 24.8 Å². The Morgan fingerprint density at radius 2 is 2.12 bits per heavy atom. The number of guanidine groups is 1. The van der Waals surface area contributed by atoms with Gasteiger partial charge in [-0.3, -0.25) is 4.79 Å². The van der Waals surface area contributed by atoms with Gasteiger partial charge in [0.05, 0.1) is 19.2 Å². The van der Waals surface area contributed by atoms with Crippen molar-refractivity contribution in [3.8, 4) is 0 Å². The number of aliphatic imine (C=N–C) groups is 1. The molecule has 0 aromatic heterocycles. The van der Waals surface area contributed by atoms with E-state index in [-0.39, 0.29) is 12.5 Å². The van der Waals surface area contributed by atoms with Crippen molar-refractivity contribution in [1.29, 1.82) is 0 Å². The van der Waals surface area contributed by atoms with Gasteiger partial charge >= 0.3 is 0 Å². The number of amides is 1. The monoisotopic (exact) mass is 358 g/mol. The number of likely N-dealkylation sites (N-methyl/N-ethyl adjacent to an activating group) is 1. The minimum atomic E-state index is 0.0493. The number of likely N-dealkylation sites (tertiary alicyclic amines) is 1. The number of carbonyl (C=O) groups is 1. The minimum absolute atomic E-state index is 0.0493. The van der Waals surface area contributed by atoms with Crippen molar-refractivity contribution in [2.75, 3.05) is 40.3 Å². The average Bonchev–Trinajstić information content (AvgIpc) is 2.68. The fraction of sp³-hybridized carbons (Fsp3) is 0.600. The highest BCUT2D eigenvalue weighted by atomic mass is 16.5. The number of hydrogen-bond donors (Lipinski definition) is 1. The van der Waals surface area contributed by atoms with E-state index in [1.54, 1.807) is 19.0 Å². The van der Waals surface area contributed by atoms with Crippen molar-refractivity contribution in [2.45, 2.75) is 31.9 Å². The van der Waals surface area contributed by atoms with E-state index >= 15 is 0 Å². The summed E-state index contributed by atoms with van der Waals surface area (Å²) in [5.74, 6) is 1.44. The predicted molar refractivity (Wildman–Crippen MR) is 103 cm³/mol. The van der Waals surface area contributed by atoms with Crippen LogP contribution in [0.4, 0.5) is 0 Å². The molecule has 2 aliphatic heterocycles. The number of ether oxygens (including phenoxy) is 1. The van der Waals surface area contributed by atoms with E-state index < -0.39 is 0 Å². The second kappa shape index (κ2) is 9.03. The van der Waals surface area contributed by atoms with Crippen LogP contribution < -0.4 is 5.32 Å². The standard InChI is InChI=1S/C20H30N4O2/c1-23(2)19(25)14-22-20(21-13-16-7-4-3-5-8-16)24-11-10-18-17(15-24)9-6-12-26-18/h3-5,7-8,17-18H,6,9-15H2,1-2H3,(H,21,22). The highest BCUT2D eigenvalue weighted by molar-refractivity contribution is 5.86. The first-order valence-corrected chi connectivity index (χ1v) is 9.52. The lowest BCUT2D eigenvalue weighted by atomic mass is 9.88. The molecule has 0 aliphatic carbocycles. The molecule has 1 aromatic rings. The van der Waals surface area contributed by atoms with E-state index in [0.717, 1.165) is 38.5 Å². The second-order valence-corrected chi connectivity index (χ2v) is 7.31. The van der Waals surface area contributed by atoms with Gasteiger partial charge in [0.1, 0.15) is 0 Å². The van der Waals surface area contributed by atoms with Gasteiger partial charge in [-0.1, -0.05) is 30.3 Å². The molecule has 142 valence electrons. The fourth-order valence-electron chi connectivity index (χ4n) is 3.61. The van der Waals surface area contributed by atoms with E-state index in [1.807, 2.05) is 18.2 Å². The smallest absolute Gasteiger partial charge is 0.241 e. The van der Waals surface area contributed by atoms with Gasteiger partial charge in [-0.2, -0.15) is 0 Å². The molecule has 0 radical (unpaired) electrons. The zero-order valence-corrected chi connectivity index (χ0v) is 15.9. The summed E-state index contributed by atoms with van der Waals surface area (Å²) in [7, 11) is 3.55. The van der Waals surface area contributed by atoms with E-state index in [9.17, 15) is 4.79 Å². The van der Waals surface area contributed by atoms with Gasteiger partial charge in [0.15, 0.2) is 5.96 Å². The van der Waals surface area contributed by atoms with Crippen LogP contribution in [0.1, 0.15) is 24.8 Å². The fourth-order valence-corrected chi connectivity index (χ4v) is 3.61. The molecule has 2 unspecified atom stereocenters. The van der Waals surface area contributed by atoms with Crippen LogP contribution in [0.3, 0.4) is 0 Å². The molecule has 0 spiro atoms. The molecule has 2 atom stereocenters. The zero-order chi connectivity index (χ0) is 18.4. The number of nitrogens with zero attached hydrogens (tertiary/aromatic N) is 3. The molecule has 1 aromatic carbocycles. The van der Waals surface area contributed by atoms with Gasteiger partial charge in [-0.25, -0.2) is 4.99 Å². The van der Waals surface area contributed by atoms with Crippen LogP contribution in [0.25, 0.3) is 0 Å². The average molecular weight is 358 g/mol. The van der Waals surface area contributed by atoms with Gasteiger partial charge in [0, 0.05) is 39.7 Å². The maximum absolute atomic E-state index is 12.0. The molecule has 0 saturated carbocycles. The second-order valence-electron chi connectivity index (χ2n) is 7.31. The van der Waals surface area contributed by atoms with Crippen LogP contribution in [0.5, 0.6) is 0 Å². The SMILES string of the molecule is CN(C)C(=O)CNC(=NCc1ccccc1)N1CCC2OCCCC2C1. The Morgan fingerprint density at radius 3 is 2.88 bits per heavy atom. The lowest BCUT2D eigenvalue weighted by Crippen LogP contribution is -2.53. The molecule has 6 heteroatoms. The van der Waals surface area contributed by atoms with Gasteiger partial charge in [0.2, 0.25) is 5.91 Å². The van der Waals surface area contributed by atoms with Crippen LogP contribution in [0, 0.1) is 5.92 Å². The molecule has 3 rings (SSSR count). The summed E-state index contributed by atoms with van der Waals surface area (Å²) in [6, 6.07) is 10.2. The summed E-state index contributed by atoms with van der Waals surface area (Å²) in [6.45, 7) is 3.63. The summed E-state index contributed by atoms with van der Waals surface area (Å²) in [5.41, 5.74) is 1.17. The first-order chi connectivity index (χ1) is 12.6. The quantitative estimate of drug-likeness (QED) is 0.658. The van der Waals surface area contributed by atoms with Crippen molar-refractivity contribution < 1.29 is 9.53 Å². The summed E-state index contributed by atoms with van der Waals surface area (Å²) in [4.78, 5) is 20.7. The molecule has 26 heavy (non-hydrogen) atoms. The summed E-state index contributed by atoms with van der Waals surface area (Å²) < 4.78 is 5.92. The maximum Gasteiger partial charge on any atom is 0.241 e. The first-order valence-electron chi connectivity index (χ1n) is 9.52. The van der Waals surface area contributed by atoms with Gasteiger partial charge in [-0.15, -0.1) is 0 Å². The summed E-state index contributed by atoms with van der Waals surface area (Å²) >= 11 is 0. The zero-order valence-electron chi connectivity index (χ0n) is 15.9. The maximum atomic E-state index is 12.0. The molecule has 0 bridgehead atoms. The molecule has 2 fully saturated rings. The Balaban J connectivity index is 1.68. The van der Waals surface area contributed by atoms with Crippen LogP contribution in [0.15, 0.2) is 35.3 Å². The van der Waals surface area contributed by atoms with E-state index in [1.165, 1.54) is 12.0 Å². The largest absolute Gasteiger partial charge is 0.378 e. The van der Waals surface area contributed by atoms with Crippen LogP contribution in [-0.2, 0) is 16.1 Å². The lowest BCUT2D eigenvalue weighted by Gasteiger charge is -2.42. The van der Waals surface area contributed by atoms with Gasteiger partial charge < -0.3 is 19.9 Å². The number of fused-ring (bicyclic) bond motifs is 1. The van der Waals surface area contributed by atoms with Gasteiger partial charge in [0.25, 0.3) is 0 Å². The molecule has 2 saturated heterocycles. The number of nitrogens with one attached hydrogen (secondary N) is 1. The lowest BCUT2D eigenvalue weighted by molar-refractivity contribution is -0.127. The molecule has 6 nitrogen and oxygen atoms in total. The Bertz CT molecular complexity index is 617. The first kappa shape index (κ1) is 18.7. The molecular formula is C20H30N4O2. The topological polar surface area (TPSA) is 57.2 Å². The number of carbonyl (C=O) groups excluding carboxylic acids is 1. The van der Waals surface area contributed by atoms with E-state index in [2.05, 4.69) is 22.3 Å². The van der Waals surface area contributed by atoms with Crippen molar-refractivity contribution >= 4 is 11.9 Å². The highest BCUT2D eigenvalue weighted by Crippen LogP contribution is 2.28. The third-order valence-corrected chi connectivity index (χ3v) is 5.17. The molecule has 1 N–H and O–H groups in total. The Hall–Kier alpha value is -2.08. The van der Waals surface area contributed by atoms with Crippen LogP contribution >= 0.6 is 0 Å². The minimum Gasteiger partial charge on any atom is -0.378 e. The number of rotatable bonds is 4. The van der Waals surface area contributed by atoms with E-state index in [0.29, 0.717) is 18.6 Å². The molecule has 1 amide bonds. The third kappa shape index (κ3) is 4.97. The Morgan fingerprint density at radius 1 is 1.31 bits per heavy atom. The van der Waals surface area contributed by atoms with Crippen molar-refractivity contribution in [3.63, 3.8) is 0 Å². The molecule has 2 aliphatic rings. The Labute approximate surface area is 156 Å². The van der Waals surface area contributed by atoms with Crippen molar-refractivity contribution in [2.24, 2.45) is 10.9 Å². The predicted octanol–water partition coefficient (Wildman–Crippen LogP) is 1.72. The third-order valence-electron chi connectivity index (χ3n) is 5.17.